The Kier molecular flexibility index (Phi) is 4.63. The van der Waals surface area contributed by atoms with Crippen molar-refractivity contribution in [2.45, 2.75) is 44.2 Å². The maximum Gasteiger partial charge on any atom is 0.317 e. The van der Waals surface area contributed by atoms with Crippen molar-refractivity contribution in [1.82, 2.24) is 19.6 Å². The highest BCUT2D eigenvalue weighted by molar-refractivity contribution is 5.78. The minimum absolute atomic E-state index is 0.0242. The molecular weight excluding hydrogens is 332 g/mol. The zero-order valence-corrected chi connectivity index (χ0v) is 14.7. The Labute approximate surface area is 152 Å². The third kappa shape index (κ3) is 4.04. The number of fused-ring (bicyclic) bond motifs is 1. The molecule has 138 valence electrons. The van der Waals surface area contributed by atoms with Gasteiger partial charge in [-0.1, -0.05) is 6.07 Å². The second kappa shape index (κ2) is 7.07. The monoisotopic (exact) mass is 356 g/mol. The van der Waals surface area contributed by atoms with E-state index in [1.54, 1.807) is 0 Å². The van der Waals surface area contributed by atoms with E-state index in [9.17, 15) is 9.59 Å². The lowest BCUT2D eigenvalue weighted by molar-refractivity contribution is -0.140. The largest absolute Gasteiger partial charge is 0.480 e. The lowest BCUT2D eigenvalue weighted by Crippen LogP contribution is -2.55. The summed E-state index contributed by atoms with van der Waals surface area (Å²) >= 11 is 0. The molecule has 2 aromatic heterocycles. The van der Waals surface area contributed by atoms with E-state index < -0.39 is 5.97 Å². The summed E-state index contributed by atoms with van der Waals surface area (Å²) < 4.78 is 1.91. The first kappa shape index (κ1) is 17.0. The normalized spacial score (nSPS) is 22.3. The van der Waals surface area contributed by atoms with Crippen LogP contribution < -0.4 is 5.32 Å². The minimum atomic E-state index is -0.773. The summed E-state index contributed by atoms with van der Waals surface area (Å²) in [6.45, 7) is 0.974. The molecular formula is C19H24N4O3. The van der Waals surface area contributed by atoms with Crippen molar-refractivity contribution >= 4 is 17.5 Å². The van der Waals surface area contributed by atoms with E-state index in [0.29, 0.717) is 5.92 Å². The van der Waals surface area contributed by atoms with Gasteiger partial charge < -0.3 is 14.8 Å². The SMILES string of the molecule is O=C(O)CN(CC1CC1)C1CC(NC(=O)Cc2cn3ccccc3n2)C1. The molecule has 4 rings (SSSR count). The maximum absolute atomic E-state index is 12.3. The summed E-state index contributed by atoms with van der Waals surface area (Å²) in [5.41, 5.74) is 1.59. The lowest BCUT2D eigenvalue weighted by atomic mass is 9.85. The van der Waals surface area contributed by atoms with Crippen LogP contribution in [0, 0.1) is 5.92 Å². The van der Waals surface area contributed by atoms with Crippen LogP contribution in [0.25, 0.3) is 5.65 Å². The van der Waals surface area contributed by atoms with Crippen molar-refractivity contribution in [3.63, 3.8) is 0 Å². The number of imidazole rings is 1. The molecule has 26 heavy (non-hydrogen) atoms. The second-order valence-electron chi connectivity index (χ2n) is 7.53. The first-order chi connectivity index (χ1) is 12.6. The number of carboxylic acids is 1. The molecule has 2 saturated carbocycles. The van der Waals surface area contributed by atoms with Crippen LogP contribution in [0.4, 0.5) is 0 Å². The van der Waals surface area contributed by atoms with E-state index in [2.05, 4.69) is 15.2 Å². The molecule has 7 heteroatoms. The Balaban J connectivity index is 1.26. The topological polar surface area (TPSA) is 86.9 Å². The highest BCUT2D eigenvalue weighted by Crippen LogP contribution is 2.33. The quantitative estimate of drug-likeness (QED) is 0.745. The highest BCUT2D eigenvalue weighted by Gasteiger charge is 2.37. The van der Waals surface area contributed by atoms with Crippen LogP contribution in [0.5, 0.6) is 0 Å². The summed E-state index contributed by atoms with van der Waals surface area (Å²) in [5, 5.41) is 12.2. The first-order valence-electron chi connectivity index (χ1n) is 9.24. The van der Waals surface area contributed by atoms with Gasteiger partial charge in [-0.05, 0) is 43.7 Å². The van der Waals surface area contributed by atoms with Gasteiger partial charge in [0.15, 0.2) is 0 Å². The van der Waals surface area contributed by atoms with Crippen molar-refractivity contribution in [3.05, 3.63) is 36.3 Å². The lowest BCUT2D eigenvalue weighted by Gasteiger charge is -2.42. The fraction of sp³-hybridized carbons (Fsp3) is 0.526. The van der Waals surface area contributed by atoms with Crippen LogP contribution in [0.3, 0.4) is 0 Å². The number of carboxylic acid groups (broad SMARTS) is 1. The molecule has 7 nitrogen and oxygen atoms in total. The molecule has 2 aliphatic carbocycles. The van der Waals surface area contributed by atoms with Crippen molar-refractivity contribution in [2.75, 3.05) is 13.1 Å². The first-order valence-corrected chi connectivity index (χ1v) is 9.24. The van der Waals surface area contributed by atoms with Gasteiger partial charge in [-0.3, -0.25) is 14.5 Å². The van der Waals surface area contributed by atoms with Gasteiger partial charge in [-0.2, -0.15) is 0 Å². The molecule has 0 atom stereocenters. The smallest absolute Gasteiger partial charge is 0.317 e. The van der Waals surface area contributed by atoms with E-state index in [0.717, 1.165) is 30.7 Å². The zero-order valence-electron chi connectivity index (χ0n) is 14.7. The predicted octanol–water partition coefficient (Wildman–Crippen LogP) is 1.32. The van der Waals surface area contributed by atoms with Crippen LogP contribution in [0.15, 0.2) is 30.6 Å². The molecule has 0 radical (unpaired) electrons. The number of carbonyl (C=O) groups excluding carboxylic acids is 1. The number of rotatable bonds is 8. The summed E-state index contributed by atoms with van der Waals surface area (Å²) in [6, 6.07) is 6.17. The Bertz CT molecular complexity index is 775. The van der Waals surface area contributed by atoms with Gasteiger partial charge in [-0.15, -0.1) is 0 Å². The fourth-order valence-electron chi connectivity index (χ4n) is 3.67. The molecule has 0 aromatic carbocycles. The number of hydrogen-bond donors (Lipinski definition) is 2. The fourth-order valence-corrected chi connectivity index (χ4v) is 3.67. The Morgan fingerprint density at radius 2 is 2.12 bits per heavy atom. The zero-order chi connectivity index (χ0) is 18.1. The average Bonchev–Trinajstić information content (AvgIpc) is 3.26. The molecule has 2 aromatic rings. The van der Waals surface area contributed by atoms with Gasteiger partial charge in [-0.25, -0.2) is 4.98 Å². The third-order valence-electron chi connectivity index (χ3n) is 5.28. The van der Waals surface area contributed by atoms with Crippen LogP contribution in [0.2, 0.25) is 0 Å². The van der Waals surface area contributed by atoms with E-state index in [4.69, 9.17) is 5.11 Å². The average molecular weight is 356 g/mol. The molecule has 2 aliphatic rings. The molecule has 0 unspecified atom stereocenters. The molecule has 1 amide bonds. The van der Waals surface area contributed by atoms with Gasteiger partial charge in [0.2, 0.25) is 5.91 Å². The number of pyridine rings is 1. The summed E-state index contributed by atoms with van der Waals surface area (Å²) in [4.78, 5) is 29.9. The number of amides is 1. The van der Waals surface area contributed by atoms with Crippen LogP contribution >= 0.6 is 0 Å². The van der Waals surface area contributed by atoms with Crippen LogP contribution in [0.1, 0.15) is 31.4 Å². The van der Waals surface area contributed by atoms with Crippen LogP contribution in [-0.4, -0.2) is 56.4 Å². The van der Waals surface area contributed by atoms with E-state index in [1.165, 1.54) is 12.8 Å². The van der Waals surface area contributed by atoms with E-state index in [1.807, 2.05) is 35.0 Å². The molecule has 2 N–H and O–H groups in total. The molecule has 0 aliphatic heterocycles. The Hall–Kier alpha value is -2.41. The molecule has 0 saturated heterocycles. The molecule has 2 fully saturated rings. The Morgan fingerprint density at radius 1 is 1.31 bits per heavy atom. The van der Waals surface area contributed by atoms with Gasteiger partial charge in [0, 0.05) is 31.0 Å². The number of aliphatic carboxylic acids is 1. The second-order valence-corrected chi connectivity index (χ2v) is 7.53. The van der Waals surface area contributed by atoms with Gasteiger partial charge in [0.1, 0.15) is 5.65 Å². The minimum Gasteiger partial charge on any atom is -0.480 e. The number of nitrogens with zero attached hydrogens (tertiary/aromatic N) is 3. The van der Waals surface area contributed by atoms with Gasteiger partial charge >= 0.3 is 5.97 Å². The standard InChI is InChI=1S/C19H24N4O3/c24-18(9-15-11-22-6-2-1-3-17(22)20-15)21-14-7-16(8-14)23(12-19(25)26)10-13-4-5-13/h1-3,6,11,13-14,16H,4-5,7-10,12H2,(H,21,24)(H,25,26). The van der Waals surface area contributed by atoms with Crippen molar-refractivity contribution in [1.29, 1.82) is 0 Å². The number of carbonyl (C=O) groups is 2. The molecule has 2 heterocycles. The third-order valence-corrected chi connectivity index (χ3v) is 5.28. The van der Waals surface area contributed by atoms with E-state index in [-0.39, 0.29) is 31.0 Å². The predicted molar refractivity (Wildman–Crippen MR) is 95.8 cm³/mol. The maximum atomic E-state index is 12.3. The molecule has 0 bridgehead atoms. The summed E-state index contributed by atoms with van der Waals surface area (Å²) in [6.07, 6.45) is 8.14. The summed E-state index contributed by atoms with van der Waals surface area (Å²) in [5.74, 6) is -0.133. The van der Waals surface area contributed by atoms with E-state index >= 15 is 0 Å². The molecule has 0 spiro atoms. The van der Waals surface area contributed by atoms with Gasteiger partial charge in [0.05, 0.1) is 18.7 Å². The number of aromatic nitrogens is 2. The van der Waals surface area contributed by atoms with Crippen molar-refractivity contribution in [3.8, 4) is 0 Å². The highest BCUT2D eigenvalue weighted by atomic mass is 16.4. The van der Waals surface area contributed by atoms with Crippen LogP contribution in [-0.2, 0) is 16.0 Å². The van der Waals surface area contributed by atoms with Gasteiger partial charge in [0.25, 0.3) is 0 Å². The Morgan fingerprint density at radius 3 is 2.81 bits per heavy atom. The van der Waals surface area contributed by atoms with Crippen molar-refractivity contribution < 1.29 is 14.7 Å². The summed E-state index contributed by atoms with van der Waals surface area (Å²) in [7, 11) is 0. The number of hydrogen-bond acceptors (Lipinski definition) is 4. The number of nitrogens with one attached hydrogen (secondary N) is 1. The van der Waals surface area contributed by atoms with Crippen molar-refractivity contribution in [2.24, 2.45) is 5.92 Å².